The van der Waals surface area contributed by atoms with E-state index in [1.54, 1.807) is 0 Å². The Morgan fingerprint density at radius 1 is 0.786 bits per heavy atom. The minimum atomic E-state index is 0.857. The van der Waals surface area contributed by atoms with Crippen LogP contribution in [0.15, 0.2) is 47.4 Å². The molecule has 0 unspecified atom stereocenters. The molecule has 0 N–H and O–H groups in total. The molecule has 5 rings (SSSR count). The van der Waals surface area contributed by atoms with E-state index >= 15 is 0 Å². The van der Waals surface area contributed by atoms with Gasteiger partial charge < -0.3 is 9.80 Å². The summed E-state index contributed by atoms with van der Waals surface area (Å²) in [5.41, 5.74) is 4.69. The van der Waals surface area contributed by atoms with Crippen LogP contribution < -0.4 is 4.90 Å². The summed E-state index contributed by atoms with van der Waals surface area (Å²) in [5, 5.41) is 9.56. The molecule has 2 aromatic carbocycles. The molecule has 0 atom stereocenters. The smallest absolute Gasteiger partial charge is 0.0994 e. The third-order valence-electron chi connectivity index (χ3n) is 8.99. The van der Waals surface area contributed by atoms with Crippen molar-refractivity contribution in [3.05, 3.63) is 59.2 Å². The Kier molecular flexibility index (Phi) is 12.4. The van der Waals surface area contributed by atoms with Gasteiger partial charge in [-0.05, 0) is 111 Å². The van der Waals surface area contributed by atoms with Crippen LogP contribution in [-0.4, -0.2) is 84.3 Å². The summed E-state index contributed by atoms with van der Waals surface area (Å²) in [6.07, 6.45) is 11.7. The van der Waals surface area contributed by atoms with Crippen LogP contribution in [0, 0.1) is 17.2 Å². The summed E-state index contributed by atoms with van der Waals surface area (Å²) in [6, 6.07) is 17.7. The van der Waals surface area contributed by atoms with Crippen LogP contribution in [0.25, 0.3) is 0 Å². The van der Waals surface area contributed by atoms with Gasteiger partial charge in [0.25, 0.3) is 0 Å². The van der Waals surface area contributed by atoms with Gasteiger partial charge in [0.2, 0.25) is 0 Å². The first-order valence-electron chi connectivity index (χ1n) is 16.2. The Balaban J connectivity index is 1.23. The van der Waals surface area contributed by atoms with E-state index in [0.717, 1.165) is 57.2 Å². The lowest BCUT2D eigenvalue weighted by molar-refractivity contribution is 0.187. The molecular formula is C34H50N6S2. The second-order valence-electron chi connectivity index (χ2n) is 12.5. The van der Waals surface area contributed by atoms with Crippen LogP contribution in [-0.2, 0) is 13.0 Å². The van der Waals surface area contributed by atoms with Crippen molar-refractivity contribution in [2.24, 2.45) is 5.92 Å². The normalized spacial score (nSPS) is 21.2. The van der Waals surface area contributed by atoms with Crippen LogP contribution in [0.4, 0.5) is 5.69 Å². The Bertz CT molecular complexity index is 1140. The van der Waals surface area contributed by atoms with Crippen molar-refractivity contribution in [2.75, 3.05) is 71.4 Å². The van der Waals surface area contributed by atoms with Crippen molar-refractivity contribution in [3.8, 4) is 6.07 Å². The summed E-state index contributed by atoms with van der Waals surface area (Å²) in [5.74, 6) is 0.893. The fourth-order valence-electron chi connectivity index (χ4n) is 6.67. The number of rotatable bonds is 7. The lowest BCUT2D eigenvalue weighted by atomic mass is 9.89. The van der Waals surface area contributed by atoms with Gasteiger partial charge in [-0.25, -0.2) is 12.9 Å². The molecule has 8 heteroatoms. The van der Waals surface area contributed by atoms with Crippen LogP contribution in [0.5, 0.6) is 0 Å². The molecule has 0 radical (unpaired) electrons. The summed E-state index contributed by atoms with van der Waals surface area (Å²) in [4.78, 5) is 6.30. The Morgan fingerprint density at radius 3 is 2.17 bits per heavy atom. The van der Waals surface area contributed by atoms with E-state index in [2.05, 4.69) is 73.2 Å². The fraction of sp³-hybridized carbons (Fsp3) is 0.618. The molecule has 1 saturated carbocycles. The SMILES string of the molecule is CN(C)c1ccc(SN2CCCN(CC3CCCCC3)CCCN(SN3CCc4c(C#N)cccc4C3)CCC2)cc1. The molecule has 2 heterocycles. The van der Waals surface area contributed by atoms with Crippen molar-refractivity contribution < 1.29 is 0 Å². The average molecular weight is 607 g/mol. The van der Waals surface area contributed by atoms with Gasteiger partial charge in [-0.1, -0.05) is 31.4 Å². The molecule has 2 aliphatic heterocycles. The molecule has 6 nitrogen and oxygen atoms in total. The molecule has 1 saturated heterocycles. The maximum Gasteiger partial charge on any atom is 0.0994 e. The lowest BCUT2D eigenvalue weighted by Gasteiger charge is -2.34. The number of benzene rings is 2. The molecule has 3 aliphatic rings. The molecule has 0 aromatic heterocycles. The summed E-state index contributed by atoms with van der Waals surface area (Å²) in [6.45, 7) is 10.1. The van der Waals surface area contributed by atoms with Crippen molar-refractivity contribution in [1.82, 2.24) is 17.8 Å². The van der Waals surface area contributed by atoms with Crippen molar-refractivity contribution in [2.45, 2.75) is 69.2 Å². The highest BCUT2D eigenvalue weighted by atomic mass is 32.2. The maximum absolute atomic E-state index is 9.56. The largest absolute Gasteiger partial charge is 0.378 e. The van der Waals surface area contributed by atoms with E-state index in [0.29, 0.717) is 0 Å². The molecule has 2 aromatic rings. The van der Waals surface area contributed by atoms with Gasteiger partial charge in [0.05, 0.1) is 11.6 Å². The Morgan fingerprint density at radius 2 is 1.48 bits per heavy atom. The van der Waals surface area contributed by atoms with Gasteiger partial charge in [0.15, 0.2) is 0 Å². The van der Waals surface area contributed by atoms with E-state index in [1.165, 1.54) is 92.7 Å². The highest BCUT2D eigenvalue weighted by Crippen LogP contribution is 2.30. The topological polar surface area (TPSA) is 40.0 Å². The monoisotopic (exact) mass is 606 g/mol. The van der Waals surface area contributed by atoms with E-state index in [-0.39, 0.29) is 0 Å². The lowest BCUT2D eigenvalue weighted by Crippen LogP contribution is -2.37. The van der Waals surface area contributed by atoms with Crippen molar-refractivity contribution in [1.29, 1.82) is 5.26 Å². The Hall–Kier alpha value is -1.73. The number of nitrogens with zero attached hydrogens (tertiary/aromatic N) is 6. The third kappa shape index (κ3) is 9.38. The van der Waals surface area contributed by atoms with Crippen molar-refractivity contribution in [3.63, 3.8) is 0 Å². The Labute approximate surface area is 263 Å². The quantitative estimate of drug-likeness (QED) is 0.315. The summed E-state index contributed by atoms with van der Waals surface area (Å²) >= 11 is 3.89. The minimum absolute atomic E-state index is 0.857. The molecule has 0 amide bonds. The van der Waals surface area contributed by atoms with E-state index in [4.69, 9.17) is 0 Å². The van der Waals surface area contributed by atoms with E-state index < -0.39 is 0 Å². The molecule has 228 valence electrons. The minimum Gasteiger partial charge on any atom is -0.378 e. The van der Waals surface area contributed by atoms with Gasteiger partial charge in [-0.15, -0.1) is 0 Å². The predicted octanol–water partition coefficient (Wildman–Crippen LogP) is 6.92. The van der Waals surface area contributed by atoms with Gasteiger partial charge in [0.1, 0.15) is 0 Å². The number of hydrogen-bond donors (Lipinski definition) is 0. The maximum atomic E-state index is 9.56. The number of nitriles is 1. The zero-order chi connectivity index (χ0) is 29.1. The second kappa shape index (κ2) is 16.4. The number of fused-ring (bicyclic) bond motifs is 1. The van der Waals surface area contributed by atoms with Crippen molar-refractivity contribution >= 4 is 29.8 Å². The van der Waals surface area contributed by atoms with Crippen LogP contribution in [0.1, 0.15) is 68.1 Å². The molecule has 0 spiro atoms. The van der Waals surface area contributed by atoms with Gasteiger partial charge in [-0.2, -0.15) is 5.26 Å². The standard InChI is InChI=1S/C34H50N6S2/c1-36(2)32-14-16-33(17-15-32)41-38-21-7-19-37(27-29-10-4-3-5-11-29)20-8-23-39(24-9-22-38)42-40-25-18-34-30(26-35)12-6-13-31(34)28-40/h6,12-17,29H,3-5,7-11,18-25,27-28H2,1-2H3. The number of anilines is 1. The van der Waals surface area contributed by atoms with Gasteiger partial charge in [0, 0.05) is 82.6 Å². The summed E-state index contributed by atoms with van der Waals surface area (Å²) < 4.78 is 7.77. The van der Waals surface area contributed by atoms with E-state index in [1.807, 2.05) is 36.2 Å². The first kappa shape index (κ1) is 31.7. The molecular weight excluding hydrogens is 557 g/mol. The zero-order valence-corrected chi connectivity index (χ0v) is 27.5. The fourth-order valence-corrected chi connectivity index (χ4v) is 8.78. The predicted molar refractivity (Wildman–Crippen MR) is 179 cm³/mol. The average Bonchev–Trinajstić information content (AvgIpc) is 3.00. The zero-order valence-electron chi connectivity index (χ0n) is 25.8. The van der Waals surface area contributed by atoms with Gasteiger partial charge in [-0.3, -0.25) is 0 Å². The highest BCUT2D eigenvalue weighted by molar-refractivity contribution is 7.97. The van der Waals surface area contributed by atoms with Crippen LogP contribution >= 0.6 is 24.1 Å². The first-order valence-corrected chi connectivity index (χ1v) is 17.7. The second-order valence-corrected chi connectivity index (χ2v) is 14.8. The van der Waals surface area contributed by atoms with Gasteiger partial charge >= 0.3 is 0 Å². The molecule has 1 aliphatic carbocycles. The van der Waals surface area contributed by atoms with Crippen LogP contribution in [0.3, 0.4) is 0 Å². The first-order chi connectivity index (χ1) is 20.6. The highest BCUT2D eigenvalue weighted by Gasteiger charge is 2.23. The van der Waals surface area contributed by atoms with E-state index in [9.17, 15) is 5.26 Å². The number of hydrogen-bond acceptors (Lipinski definition) is 8. The molecule has 0 bridgehead atoms. The summed E-state index contributed by atoms with van der Waals surface area (Å²) in [7, 11) is 4.21. The third-order valence-corrected chi connectivity index (χ3v) is 11.2. The van der Waals surface area contributed by atoms with Crippen LogP contribution in [0.2, 0.25) is 0 Å². The molecule has 42 heavy (non-hydrogen) atoms. The molecule has 2 fully saturated rings.